The van der Waals surface area contributed by atoms with Crippen molar-refractivity contribution in [2.45, 2.75) is 37.3 Å². The molecule has 11 heteroatoms. The van der Waals surface area contributed by atoms with Gasteiger partial charge in [0.25, 0.3) is 10.0 Å². The molecule has 1 amide bonds. The van der Waals surface area contributed by atoms with Gasteiger partial charge in [0.15, 0.2) is 0 Å². The van der Waals surface area contributed by atoms with Crippen LogP contribution in [0, 0.1) is 12.8 Å². The zero-order valence-electron chi connectivity index (χ0n) is 17.7. The Bertz CT molecular complexity index is 1240. The molecule has 0 saturated carbocycles. The first kappa shape index (κ1) is 22.9. The first-order chi connectivity index (χ1) is 15.3. The van der Waals surface area contributed by atoms with Crippen LogP contribution in [0.25, 0.3) is 11.4 Å². The minimum absolute atomic E-state index is 0.128. The molecule has 1 fully saturated rings. The fraction of sp³-hybridized carbons (Fsp3) is 0.381. The number of rotatable bonds is 6. The van der Waals surface area contributed by atoms with Crippen LogP contribution < -0.4 is 5.32 Å². The lowest BCUT2D eigenvalue weighted by molar-refractivity contribution is -0.120. The standard InChI is InChI=1S/C21H23ClN4O4S2/c1-3-18-24-20(25-30-18)15-9-19(31-12-15)32(28,29)26-8-4-5-14(11-26)21(27)23-17-10-16(22)7-6-13(17)2/h6-7,9-10,12,14H,3-5,8,11H2,1-2H3,(H,23,27)/t14-/m1/s1. The molecule has 4 rings (SSSR count). The van der Waals surface area contributed by atoms with Crippen molar-refractivity contribution in [1.82, 2.24) is 14.4 Å². The van der Waals surface area contributed by atoms with Crippen molar-refractivity contribution in [1.29, 1.82) is 0 Å². The highest BCUT2D eigenvalue weighted by Gasteiger charge is 2.34. The molecule has 170 valence electrons. The monoisotopic (exact) mass is 494 g/mol. The molecular weight excluding hydrogens is 472 g/mol. The van der Waals surface area contributed by atoms with Gasteiger partial charge in [0.05, 0.1) is 5.92 Å². The molecule has 1 aliphatic heterocycles. The molecule has 3 aromatic rings. The number of carbonyl (C=O) groups excluding carboxylic acids is 1. The number of piperidine rings is 1. The molecule has 1 saturated heterocycles. The number of nitrogens with zero attached hydrogens (tertiary/aromatic N) is 3. The fourth-order valence-electron chi connectivity index (χ4n) is 3.55. The minimum atomic E-state index is -3.74. The number of nitrogens with one attached hydrogen (secondary N) is 1. The molecule has 1 N–H and O–H groups in total. The summed E-state index contributed by atoms with van der Waals surface area (Å²) in [4.78, 5) is 17.1. The summed E-state index contributed by atoms with van der Waals surface area (Å²) in [6.07, 6.45) is 1.83. The maximum atomic E-state index is 13.2. The predicted molar refractivity (Wildman–Crippen MR) is 123 cm³/mol. The van der Waals surface area contributed by atoms with Crippen LogP contribution >= 0.6 is 22.9 Å². The number of benzene rings is 1. The first-order valence-electron chi connectivity index (χ1n) is 10.3. The van der Waals surface area contributed by atoms with E-state index in [2.05, 4.69) is 15.5 Å². The number of hydrogen-bond acceptors (Lipinski definition) is 7. The van der Waals surface area contributed by atoms with Gasteiger partial charge in [-0.25, -0.2) is 8.42 Å². The van der Waals surface area contributed by atoms with Gasteiger partial charge in [0.1, 0.15) is 4.21 Å². The van der Waals surface area contributed by atoms with Crippen molar-refractivity contribution in [2.75, 3.05) is 18.4 Å². The Labute approximate surface area is 195 Å². The summed E-state index contributed by atoms with van der Waals surface area (Å²) in [5, 5.41) is 9.03. The second-order valence-corrected chi connectivity index (χ2v) is 11.2. The van der Waals surface area contributed by atoms with E-state index in [1.165, 1.54) is 4.31 Å². The van der Waals surface area contributed by atoms with Crippen molar-refractivity contribution < 1.29 is 17.7 Å². The molecule has 2 aromatic heterocycles. The summed E-state index contributed by atoms with van der Waals surface area (Å²) in [7, 11) is -3.74. The van der Waals surface area contributed by atoms with Gasteiger partial charge in [-0.05, 0) is 43.5 Å². The fourth-order valence-corrected chi connectivity index (χ4v) is 6.56. The van der Waals surface area contributed by atoms with Crippen LogP contribution in [0.1, 0.15) is 31.2 Å². The minimum Gasteiger partial charge on any atom is -0.339 e. The van der Waals surface area contributed by atoms with Crippen LogP contribution in [0.4, 0.5) is 5.69 Å². The van der Waals surface area contributed by atoms with Gasteiger partial charge in [0.2, 0.25) is 17.6 Å². The molecule has 32 heavy (non-hydrogen) atoms. The van der Waals surface area contributed by atoms with Crippen LogP contribution in [0.2, 0.25) is 5.02 Å². The first-order valence-corrected chi connectivity index (χ1v) is 13.0. The summed E-state index contributed by atoms with van der Waals surface area (Å²) in [6.45, 7) is 4.28. The van der Waals surface area contributed by atoms with Crippen LogP contribution in [0.3, 0.4) is 0 Å². The highest BCUT2D eigenvalue weighted by atomic mass is 35.5. The third kappa shape index (κ3) is 4.73. The lowest BCUT2D eigenvalue weighted by Crippen LogP contribution is -2.43. The van der Waals surface area contributed by atoms with Crippen LogP contribution in [-0.4, -0.2) is 41.9 Å². The average molecular weight is 495 g/mol. The second kappa shape index (κ2) is 9.30. The molecule has 1 aromatic carbocycles. The SMILES string of the molecule is CCc1nc(-c2csc(S(=O)(=O)N3CCC[C@@H](C(=O)Nc4cc(Cl)ccc4C)C3)c2)no1. The molecular formula is C21H23ClN4O4S2. The quantitative estimate of drug-likeness (QED) is 0.545. The van der Waals surface area contributed by atoms with Crippen molar-refractivity contribution in [3.8, 4) is 11.4 Å². The molecule has 0 radical (unpaired) electrons. The van der Waals surface area contributed by atoms with Crippen LogP contribution in [0.5, 0.6) is 0 Å². The number of aryl methyl sites for hydroxylation is 2. The number of thiophene rings is 1. The Morgan fingerprint density at radius 1 is 1.38 bits per heavy atom. The number of amides is 1. The summed E-state index contributed by atoms with van der Waals surface area (Å²) in [5.41, 5.74) is 2.12. The maximum Gasteiger partial charge on any atom is 0.252 e. The van der Waals surface area contributed by atoms with Crippen molar-refractivity contribution in [3.63, 3.8) is 0 Å². The van der Waals surface area contributed by atoms with Gasteiger partial charge in [-0.3, -0.25) is 4.79 Å². The average Bonchev–Trinajstić information content (AvgIpc) is 3.46. The van der Waals surface area contributed by atoms with E-state index >= 15 is 0 Å². The van der Waals surface area contributed by atoms with Crippen molar-refractivity contribution in [2.24, 2.45) is 5.92 Å². The summed E-state index contributed by atoms with van der Waals surface area (Å²) in [5.74, 6) is 0.212. The van der Waals surface area contributed by atoms with Gasteiger partial charge in [-0.15, -0.1) is 11.3 Å². The van der Waals surface area contributed by atoms with E-state index in [9.17, 15) is 13.2 Å². The van der Waals surface area contributed by atoms with Gasteiger partial charge >= 0.3 is 0 Å². The molecule has 0 spiro atoms. The van der Waals surface area contributed by atoms with E-state index in [1.807, 2.05) is 19.9 Å². The normalized spacial score (nSPS) is 17.4. The van der Waals surface area contributed by atoms with Gasteiger partial charge in [-0.2, -0.15) is 9.29 Å². The molecule has 0 aliphatic carbocycles. The molecule has 3 heterocycles. The summed E-state index contributed by atoms with van der Waals surface area (Å²) < 4.78 is 33.2. The van der Waals surface area contributed by atoms with E-state index in [1.54, 1.807) is 23.6 Å². The number of hydrogen-bond donors (Lipinski definition) is 1. The maximum absolute atomic E-state index is 13.2. The predicted octanol–water partition coefficient (Wildman–Crippen LogP) is 4.36. The van der Waals surface area contributed by atoms with E-state index in [-0.39, 0.29) is 16.7 Å². The van der Waals surface area contributed by atoms with Gasteiger partial charge in [0, 0.05) is 41.2 Å². The van der Waals surface area contributed by atoms with Crippen LogP contribution in [-0.2, 0) is 21.2 Å². The Kier molecular flexibility index (Phi) is 6.66. The Morgan fingerprint density at radius 2 is 2.19 bits per heavy atom. The number of carbonyl (C=O) groups is 1. The van der Waals surface area contributed by atoms with Crippen LogP contribution in [0.15, 0.2) is 38.4 Å². The zero-order chi connectivity index (χ0) is 22.9. The molecule has 0 bridgehead atoms. The van der Waals surface area contributed by atoms with Gasteiger partial charge in [-0.1, -0.05) is 29.7 Å². The molecule has 0 unspecified atom stereocenters. The zero-order valence-corrected chi connectivity index (χ0v) is 20.1. The number of halogens is 1. The lowest BCUT2D eigenvalue weighted by atomic mass is 9.98. The van der Waals surface area contributed by atoms with E-state index in [0.29, 0.717) is 53.8 Å². The Balaban J connectivity index is 1.48. The van der Waals surface area contributed by atoms with Crippen molar-refractivity contribution in [3.05, 3.63) is 46.1 Å². The highest BCUT2D eigenvalue weighted by Crippen LogP contribution is 2.32. The Hall–Kier alpha value is -2.27. The van der Waals surface area contributed by atoms with E-state index in [0.717, 1.165) is 16.9 Å². The van der Waals surface area contributed by atoms with Crippen molar-refractivity contribution >= 4 is 44.6 Å². The summed E-state index contributed by atoms with van der Waals surface area (Å²) in [6, 6.07) is 6.84. The smallest absolute Gasteiger partial charge is 0.252 e. The van der Waals surface area contributed by atoms with E-state index in [4.69, 9.17) is 16.1 Å². The highest BCUT2D eigenvalue weighted by molar-refractivity contribution is 7.91. The lowest BCUT2D eigenvalue weighted by Gasteiger charge is -2.31. The third-order valence-corrected chi connectivity index (χ3v) is 8.93. The third-order valence-electron chi connectivity index (χ3n) is 5.41. The van der Waals surface area contributed by atoms with E-state index < -0.39 is 15.9 Å². The summed E-state index contributed by atoms with van der Waals surface area (Å²) >= 11 is 7.15. The number of sulfonamides is 1. The van der Waals surface area contributed by atoms with Gasteiger partial charge < -0.3 is 9.84 Å². The Morgan fingerprint density at radius 3 is 2.94 bits per heavy atom. The number of aromatic nitrogens is 2. The molecule has 1 aliphatic rings. The largest absolute Gasteiger partial charge is 0.339 e. The second-order valence-electron chi connectivity index (χ2n) is 7.67. The molecule has 1 atom stereocenters. The topological polar surface area (TPSA) is 105 Å². The number of anilines is 1. The molecule has 8 nitrogen and oxygen atoms in total.